The zero-order valence-electron chi connectivity index (χ0n) is 10.4. The van der Waals surface area contributed by atoms with Gasteiger partial charge in [0.15, 0.2) is 0 Å². The first kappa shape index (κ1) is 15.6. The summed E-state index contributed by atoms with van der Waals surface area (Å²) in [6, 6.07) is 2.04. The van der Waals surface area contributed by atoms with E-state index < -0.39 is 21.2 Å². The summed E-state index contributed by atoms with van der Waals surface area (Å²) >= 11 is 0. The van der Waals surface area contributed by atoms with Crippen molar-refractivity contribution in [3.05, 3.63) is 32.4 Å². The lowest BCUT2D eigenvalue weighted by Gasteiger charge is -2.10. The maximum Gasteiger partial charge on any atom is 0.299 e. The first-order valence-corrected chi connectivity index (χ1v) is 5.67. The molecule has 0 bridgehead atoms. The van der Waals surface area contributed by atoms with Crippen molar-refractivity contribution in [3.8, 4) is 0 Å². The van der Waals surface area contributed by atoms with E-state index >= 15 is 0 Å². The first-order chi connectivity index (χ1) is 9.51. The van der Waals surface area contributed by atoms with Crippen LogP contribution in [-0.2, 0) is 0 Å². The van der Waals surface area contributed by atoms with Gasteiger partial charge in [-0.25, -0.2) is 0 Å². The van der Waals surface area contributed by atoms with Crippen molar-refractivity contribution in [1.29, 1.82) is 0 Å². The second-order valence-corrected chi connectivity index (χ2v) is 3.70. The lowest BCUT2D eigenvalue weighted by atomic mass is 10.2. The smallest absolute Gasteiger partial charge is 0.299 e. The van der Waals surface area contributed by atoms with E-state index in [0.717, 1.165) is 6.07 Å². The van der Waals surface area contributed by atoms with Gasteiger partial charge in [-0.2, -0.15) is 0 Å². The summed E-state index contributed by atoms with van der Waals surface area (Å²) in [6.45, 7) is -0.350. The molecule has 0 aliphatic heterocycles. The maximum atomic E-state index is 10.9. The molecule has 0 saturated heterocycles. The third kappa shape index (κ3) is 3.76. The van der Waals surface area contributed by atoms with Crippen LogP contribution in [0.25, 0.3) is 0 Å². The Hall–Kier alpha value is -2.46. The summed E-state index contributed by atoms with van der Waals surface area (Å²) < 4.78 is 0. The number of nitro groups is 2. The molecular formula is C10H14N4O6. The standard InChI is InChI=1S/C10H14N4O6/c15-3-1-11-7-5-8(12-2-4-16)10(14(19)20)6-9(7)13(17)18/h5-6,11-12,15-16H,1-4H2. The molecule has 0 aliphatic rings. The summed E-state index contributed by atoms with van der Waals surface area (Å²) in [6.07, 6.45) is 0. The second kappa shape index (κ2) is 7.21. The van der Waals surface area contributed by atoms with Gasteiger partial charge in [0.25, 0.3) is 11.4 Å². The second-order valence-electron chi connectivity index (χ2n) is 3.70. The van der Waals surface area contributed by atoms with Crippen LogP contribution < -0.4 is 10.6 Å². The van der Waals surface area contributed by atoms with Gasteiger partial charge in [-0.05, 0) is 6.07 Å². The third-order valence-corrected chi connectivity index (χ3v) is 2.36. The van der Waals surface area contributed by atoms with Gasteiger partial charge >= 0.3 is 0 Å². The number of hydrogen-bond donors (Lipinski definition) is 4. The number of hydrogen-bond acceptors (Lipinski definition) is 8. The normalized spacial score (nSPS) is 10.1. The van der Waals surface area contributed by atoms with Crippen LogP contribution in [0.1, 0.15) is 0 Å². The van der Waals surface area contributed by atoms with E-state index in [4.69, 9.17) is 10.2 Å². The van der Waals surface area contributed by atoms with Crippen LogP contribution in [-0.4, -0.2) is 46.4 Å². The van der Waals surface area contributed by atoms with Gasteiger partial charge in [-0.3, -0.25) is 20.2 Å². The van der Waals surface area contributed by atoms with E-state index in [1.807, 2.05) is 0 Å². The van der Waals surface area contributed by atoms with Gasteiger partial charge in [-0.1, -0.05) is 0 Å². The fourth-order valence-corrected chi connectivity index (χ4v) is 1.54. The van der Waals surface area contributed by atoms with Crippen molar-refractivity contribution in [2.24, 2.45) is 0 Å². The average Bonchev–Trinajstić information content (AvgIpc) is 2.41. The highest BCUT2D eigenvalue weighted by molar-refractivity contribution is 5.76. The van der Waals surface area contributed by atoms with Gasteiger partial charge in [0.05, 0.1) is 29.1 Å². The van der Waals surface area contributed by atoms with E-state index in [2.05, 4.69) is 10.6 Å². The van der Waals surface area contributed by atoms with E-state index in [0.29, 0.717) is 0 Å². The molecule has 0 amide bonds. The zero-order chi connectivity index (χ0) is 15.1. The lowest BCUT2D eigenvalue weighted by Crippen LogP contribution is -2.11. The van der Waals surface area contributed by atoms with Crippen LogP contribution in [0, 0.1) is 20.2 Å². The summed E-state index contributed by atoms with van der Waals surface area (Å²) in [5.41, 5.74) is -0.815. The van der Waals surface area contributed by atoms with Gasteiger partial charge in [0.2, 0.25) is 0 Å². The van der Waals surface area contributed by atoms with E-state index in [1.54, 1.807) is 0 Å². The van der Waals surface area contributed by atoms with Crippen LogP contribution in [0.2, 0.25) is 0 Å². The summed E-state index contributed by atoms with van der Waals surface area (Å²) in [7, 11) is 0. The molecule has 1 rings (SSSR count). The van der Waals surface area contributed by atoms with Crippen molar-refractivity contribution >= 4 is 22.7 Å². The number of rotatable bonds is 8. The average molecular weight is 286 g/mol. The molecule has 1 aromatic rings. The predicted molar refractivity (Wildman–Crippen MR) is 70.9 cm³/mol. The van der Waals surface area contributed by atoms with Crippen LogP contribution >= 0.6 is 0 Å². The fourth-order valence-electron chi connectivity index (χ4n) is 1.54. The largest absolute Gasteiger partial charge is 0.395 e. The van der Waals surface area contributed by atoms with Crippen molar-refractivity contribution in [1.82, 2.24) is 0 Å². The molecule has 10 heteroatoms. The molecule has 0 atom stereocenters. The number of aliphatic hydroxyl groups is 2. The summed E-state index contributed by atoms with van der Waals surface area (Å²) in [5, 5.41) is 44.5. The number of benzene rings is 1. The Bertz CT molecular complexity index is 466. The predicted octanol–water partition coefficient (Wildman–Crippen LogP) is 0.311. The third-order valence-electron chi connectivity index (χ3n) is 2.36. The van der Waals surface area contributed by atoms with Crippen molar-refractivity contribution in [3.63, 3.8) is 0 Å². The number of aliphatic hydroxyl groups excluding tert-OH is 2. The molecule has 0 aromatic heterocycles. The van der Waals surface area contributed by atoms with E-state index in [9.17, 15) is 20.2 Å². The number of nitrogens with one attached hydrogen (secondary N) is 2. The minimum atomic E-state index is -0.747. The quantitative estimate of drug-likeness (QED) is 0.393. The van der Waals surface area contributed by atoms with Crippen LogP contribution in [0.3, 0.4) is 0 Å². The fraction of sp³-hybridized carbons (Fsp3) is 0.400. The highest BCUT2D eigenvalue weighted by Gasteiger charge is 2.24. The molecule has 0 unspecified atom stereocenters. The van der Waals surface area contributed by atoms with Gasteiger partial charge in [-0.15, -0.1) is 0 Å². The molecule has 0 aliphatic carbocycles. The molecule has 20 heavy (non-hydrogen) atoms. The molecular weight excluding hydrogens is 272 g/mol. The van der Waals surface area contributed by atoms with Crippen molar-refractivity contribution in [2.45, 2.75) is 0 Å². The topological polar surface area (TPSA) is 151 Å². The zero-order valence-corrected chi connectivity index (χ0v) is 10.4. The van der Waals surface area contributed by atoms with E-state index in [-0.39, 0.29) is 37.7 Å². The minimum absolute atomic E-state index is 0.0510. The van der Waals surface area contributed by atoms with Crippen molar-refractivity contribution in [2.75, 3.05) is 36.9 Å². The lowest BCUT2D eigenvalue weighted by molar-refractivity contribution is -0.393. The van der Waals surface area contributed by atoms with Gasteiger partial charge in [0, 0.05) is 13.1 Å². The maximum absolute atomic E-state index is 10.9. The Morgan fingerprint density at radius 3 is 1.60 bits per heavy atom. The molecule has 110 valence electrons. The Kier molecular flexibility index (Phi) is 5.62. The van der Waals surface area contributed by atoms with Crippen LogP contribution in [0.15, 0.2) is 12.1 Å². The Morgan fingerprint density at radius 2 is 1.30 bits per heavy atom. The first-order valence-electron chi connectivity index (χ1n) is 5.67. The minimum Gasteiger partial charge on any atom is -0.395 e. The monoisotopic (exact) mass is 286 g/mol. The highest BCUT2D eigenvalue weighted by Crippen LogP contribution is 2.35. The molecule has 0 heterocycles. The van der Waals surface area contributed by atoms with Gasteiger partial charge < -0.3 is 20.8 Å². The van der Waals surface area contributed by atoms with Crippen LogP contribution in [0.4, 0.5) is 22.7 Å². The SMILES string of the molecule is O=[N+]([O-])c1cc([N+](=O)[O-])c(NCCO)cc1NCCO. The number of nitrogens with zero attached hydrogens (tertiary/aromatic N) is 2. The van der Waals surface area contributed by atoms with E-state index in [1.165, 1.54) is 6.07 Å². The molecule has 4 N–H and O–H groups in total. The Labute approximate surface area is 113 Å². The summed E-state index contributed by atoms with van der Waals surface area (Å²) in [5.74, 6) is 0. The number of anilines is 2. The molecule has 0 fully saturated rings. The van der Waals surface area contributed by atoms with Crippen LogP contribution in [0.5, 0.6) is 0 Å². The summed E-state index contributed by atoms with van der Waals surface area (Å²) in [4.78, 5) is 20.3. The molecule has 1 aromatic carbocycles. The molecule has 0 spiro atoms. The Morgan fingerprint density at radius 1 is 0.900 bits per heavy atom. The Balaban J connectivity index is 3.27. The molecule has 10 nitrogen and oxygen atoms in total. The molecule has 0 radical (unpaired) electrons. The molecule has 0 saturated carbocycles. The number of nitro benzene ring substituents is 2. The highest BCUT2D eigenvalue weighted by atomic mass is 16.6. The van der Waals surface area contributed by atoms with Crippen molar-refractivity contribution < 1.29 is 20.1 Å². The van der Waals surface area contributed by atoms with Gasteiger partial charge in [0.1, 0.15) is 11.4 Å².